The van der Waals surface area contributed by atoms with E-state index in [-0.39, 0.29) is 23.2 Å². The highest BCUT2D eigenvalue weighted by atomic mass is 16.5. The Kier molecular flexibility index (Phi) is 5.74. The van der Waals surface area contributed by atoms with Gasteiger partial charge >= 0.3 is 5.97 Å². The standard InChI is InChI=1S/C22H31NO4/c1-9-26-18(24)12-17-13(2)27-20(23-17)14-10-15(21(3,4)5)19(25)16(11-14)22(6,7)8/h10-11,25H,9,12H2,1-8H3. The van der Waals surface area contributed by atoms with Crippen molar-refractivity contribution in [2.24, 2.45) is 0 Å². The Hall–Kier alpha value is -2.30. The Morgan fingerprint density at radius 1 is 1.11 bits per heavy atom. The summed E-state index contributed by atoms with van der Waals surface area (Å²) in [6, 6.07) is 3.84. The molecule has 2 aromatic rings. The Balaban J connectivity index is 2.57. The molecule has 0 unspecified atom stereocenters. The third-order valence-electron chi connectivity index (χ3n) is 4.48. The lowest BCUT2D eigenvalue weighted by Crippen LogP contribution is -2.17. The minimum Gasteiger partial charge on any atom is -0.507 e. The van der Waals surface area contributed by atoms with E-state index < -0.39 is 0 Å². The third-order valence-corrected chi connectivity index (χ3v) is 4.48. The van der Waals surface area contributed by atoms with Crippen LogP contribution in [-0.4, -0.2) is 22.7 Å². The quantitative estimate of drug-likeness (QED) is 0.759. The molecule has 0 aliphatic heterocycles. The number of aryl methyl sites for hydroxylation is 1. The van der Waals surface area contributed by atoms with E-state index in [0.29, 0.717) is 29.7 Å². The molecule has 0 spiro atoms. The Morgan fingerprint density at radius 2 is 1.63 bits per heavy atom. The van der Waals surface area contributed by atoms with E-state index in [1.165, 1.54) is 0 Å². The second-order valence-electron chi connectivity index (χ2n) is 8.92. The first-order chi connectivity index (χ1) is 12.3. The highest BCUT2D eigenvalue weighted by Crippen LogP contribution is 2.42. The second kappa shape index (κ2) is 7.37. The van der Waals surface area contributed by atoms with Crippen molar-refractivity contribution in [3.8, 4) is 17.2 Å². The van der Waals surface area contributed by atoms with E-state index in [9.17, 15) is 9.90 Å². The van der Waals surface area contributed by atoms with Crippen LogP contribution < -0.4 is 0 Å². The number of phenols is 1. The van der Waals surface area contributed by atoms with Crippen LogP contribution in [0, 0.1) is 6.92 Å². The summed E-state index contributed by atoms with van der Waals surface area (Å²) in [5.41, 5.74) is 2.57. The molecule has 1 heterocycles. The average Bonchev–Trinajstić information content (AvgIpc) is 2.86. The van der Waals surface area contributed by atoms with Gasteiger partial charge in [-0.1, -0.05) is 41.5 Å². The van der Waals surface area contributed by atoms with Gasteiger partial charge in [-0.3, -0.25) is 4.79 Å². The minimum absolute atomic E-state index is 0.0829. The molecule has 0 amide bonds. The van der Waals surface area contributed by atoms with Gasteiger partial charge < -0.3 is 14.3 Å². The van der Waals surface area contributed by atoms with Crippen molar-refractivity contribution in [3.63, 3.8) is 0 Å². The number of nitrogens with zero attached hydrogens (tertiary/aromatic N) is 1. The number of benzene rings is 1. The van der Waals surface area contributed by atoms with Gasteiger partial charge in [-0.15, -0.1) is 0 Å². The van der Waals surface area contributed by atoms with E-state index in [1.807, 2.05) is 12.1 Å². The molecule has 1 aromatic carbocycles. The number of aromatic nitrogens is 1. The van der Waals surface area contributed by atoms with Gasteiger partial charge in [-0.25, -0.2) is 4.98 Å². The van der Waals surface area contributed by atoms with E-state index in [4.69, 9.17) is 9.15 Å². The lowest BCUT2D eigenvalue weighted by Gasteiger charge is -2.27. The normalized spacial score (nSPS) is 12.3. The molecule has 0 atom stereocenters. The van der Waals surface area contributed by atoms with Gasteiger partial charge in [0, 0.05) is 16.7 Å². The fourth-order valence-electron chi connectivity index (χ4n) is 2.97. The molecule has 0 bridgehead atoms. The number of carbonyl (C=O) groups excluding carboxylic acids is 1. The summed E-state index contributed by atoms with van der Waals surface area (Å²) in [6.45, 7) is 16.3. The number of aromatic hydroxyl groups is 1. The van der Waals surface area contributed by atoms with Crippen molar-refractivity contribution >= 4 is 5.97 Å². The van der Waals surface area contributed by atoms with Crippen molar-refractivity contribution < 1.29 is 19.1 Å². The van der Waals surface area contributed by atoms with Crippen LogP contribution >= 0.6 is 0 Å². The number of carbonyl (C=O) groups is 1. The molecule has 148 valence electrons. The molecule has 2 rings (SSSR count). The zero-order chi connectivity index (χ0) is 20.6. The Morgan fingerprint density at radius 3 is 2.07 bits per heavy atom. The van der Waals surface area contributed by atoms with Crippen LogP contribution in [0.4, 0.5) is 0 Å². The number of oxazole rings is 1. The van der Waals surface area contributed by atoms with Crippen molar-refractivity contribution in [2.45, 2.75) is 72.6 Å². The SMILES string of the molecule is CCOC(=O)Cc1nc(-c2cc(C(C)(C)C)c(O)c(C(C)(C)C)c2)oc1C. The summed E-state index contributed by atoms with van der Waals surface area (Å²) < 4.78 is 10.9. The molecule has 0 fully saturated rings. The van der Waals surface area contributed by atoms with Crippen molar-refractivity contribution in [1.82, 2.24) is 4.98 Å². The van der Waals surface area contributed by atoms with Crippen LogP contribution in [0.25, 0.3) is 11.5 Å². The summed E-state index contributed by atoms with van der Waals surface area (Å²) in [5.74, 6) is 1.04. The lowest BCUT2D eigenvalue weighted by atomic mass is 9.78. The molecule has 0 saturated carbocycles. The molecule has 0 radical (unpaired) electrons. The molecule has 0 aliphatic rings. The maximum atomic E-state index is 11.8. The second-order valence-corrected chi connectivity index (χ2v) is 8.92. The van der Waals surface area contributed by atoms with Gasteiger partial charge in [0.25, 0.3) is 0 Å². The van der Waals surface area contributed by atoms with Gasteiger partial charge in [-0.05, 0) is 36.8 Å². The van der Waals surface area contributed by atoms with Crippen LogP contribution in [0.1, 0.15) is 71.0 Å². The molecule has 1 N–H and O–H groups in total. The molecule has 5 nitrogen and oxygen atoms in total. The van der Waals surface area contributed by atoms with Gasteiger partial charge in [0.15, 0.2) is 0 Å². The third kappa shape index (κ3) is 4.71. The molecule has 1 aromatic heterocycles. The molecule has 5 heteroatoms. The number of hydrogen-bond acceptors (Lipinski definition) is 5. The largest absolute Gasteiger partial charge is 0.507 e. The fraction of sp³-hybridized carbons (Fsp3) is 0.545. The van der Waals surface area contributed by atoms with Crippen LogP contribution in [0.15, 0.2) is 16.5 Å². The molecule has 0 aliphatic carbocycles. The predicted octanol–water partition coefficient (Wildman–Crippen LogP) is 5.06. The highest BCUT2D eigenvalue weighted by Gasteiger charge is 2.28. The number of phenolic OH excluding ortho intramolecular Hbond substituents is 1. The van der Waals surface area contributed by atoms with Crippen molar-refractivity contribution in [3.05, 3.63) is 34.7 Å². The van der Waals surface area contributed by atoms with Crippen LogP contribution in [0.2, 0.25) is 0 Å². The van der Waals surface area contributed by atoms with Gasteiger partial charge in [0.2, 0.25) is 5.89 Å². The molecule has 27 heavy (non-hydrogen) atoms. The summed E-state index contributed by atoms with van der Waals surface area (Å²) in [7, 11) is 0. The zero-order valence-electron chi connectivity index (χ0n) is 17.7. The number of rotatable bonds is 4. The summed E-state index contributed by atoms with van der Waals surface area (Å²) in [5, 5.41) is 10.9. The maximum absolute atomic E-state index is 11.8. The first-order valence-corrected chi connectivity index (χ1v) is 9.34. The smallest absolute Gasteiger partial charge is 0.311 e. The van der Waals surface area contributed by atoms with Crippen molar-refractivity contribution in [1.29, 1.82) is 0 Å². The van der Waals surface area contributed by atoms with E-state index >= 15 is 0 Å². The summed E-state index contributed by atoms with van der Waals surface area (Å²) in [6.07, 6.45) is 0.0829. The Labute approximate surface area is 161 Å². The molecular formula is C22H31NO4. The fourth-order valence-corrected chi connectivity index (χ4v) is 2.97. The van der Waals surface area contributed by atoms with E-state index in [1.54, 1.807) is 13.8 Å². The first-order valence-electron chi connectivity index (χ1n) is 9.34. The highest BCUT2D eigenvalue weighted by molar-refractivity contribution is 5.72. The van der Waals surface area contributed by atoms with E-state index in [0.717, 1.165) is 16.7 Å². The average molecular weight is 373 g/mol. The van der Waals surface area contributed by atoms with Crippen LogP contribution in [0.3, 0.4) is 0 Å². The van der Waals surface area contributed by atoms with Gasteiger partial charge in [0.05, 0.1) is 18.7 Å². The zero-order valence-corrected chi connectivity index (χ0v) is 17.7. The minimum atomic E-state index is -0.322. The number of esters is 1. The number of ether oxygens (including phenoxy) is 1. The van der Waals surface area contributed by atoms with E-state index in [2.05, 4.69) is 46.5 Å². The van der Waals surface area contributed by atoms with Crippen molar-refractivity contribution in [2.75, 3.05) is 6.61 Å². The summed E-state index contributed by atoms with van der Waals surface area (Å²) >= 11 is 0. The van der Waals surface area contributed by atoms with Crippen LogP contribution in [-0.2, 0) is 26.8 Å². The van der Waals surface area contributed by atoms with Crippen LogP contribution in [0.5, 0.6) is 5.75 Å². The molecular weight excluding hydrogens is 342 g/mol. The Bertz CT molecular complexity index is 800. The maximum Gasteiger partial charge on any atom is 0.311 e. The van der Waals surface area contributed by atoms with Gasteiger partial charge in [0.1, 0.15) is 11.5 Å². The monoisotopic (exact) mass is 373 g/mol. The number of hydrogen-bond donors (Lipinski definition) is 1. The topological polar surface area (TPSA) is 72.6 Å². The lowest BCUT2D eigenvalue weighted by molar-refractivity contribution is -0.142. The van der Waals surface area contributed by atoms with Gasteiger partial charge in [-0.2, -0.15) is 0 Å². The molecule has 0 saturated heterocycles. The predicted molar refractivity (Wildman–Crippen MR) is 106 cm³/mol. The first kappa shape index (κ1) is 21.0. The summed E-state index contributed by atoms with van der Waals surface area (Å²) in [4.78, 5) is 16.3.